The van der Waals surface area contributed by atoms with Crippen molar-refractivity contribution in [1.29, 1.82) is 0 Å². The molecule has 0 aliphatic carbocycles. The first kappa shape index (κ1) is 12.2. The molecule has 0 saturated carbocycles. The fraction of sp³-hybridized carbons (Fsp3) is 0.167. The molecule has 6 heteroatoms. The normalized spacial score (nSPS) is 10.4. The van der Waals surface area contributed by atoms with Crippen LogP contribution in [0.3, 0.4) is 0 Å². The molecule has 0 saturated heterocycles. The molecule has 0 bridgehead atoms. The number of aromatic nitrogens is 2. The number of rotatable bonds is 3. The number of amides is 1. The number of imidazole rings is 1. The zero-order chi connectivity index (χ0) is 13.1. The van der Waals surface area contributed by atoms with E-state index in [4.69, 9.17) is 0 Å². The fourth-order valence-electron chi connectivity index (χ4n) is 1.61. The van der Waals surface area contributed by atoms with Crippen molar-refractivity contribution < 1.29 is 13.6 Å². The maximum absolute atomic E-state index is 13.1. The average Bonchev–Trinajstić information content (AvgIpc) is 2.75. The Morgan fingerprint density at radius 2 is 2.00 bits per heavy atom. The lowest BCUT2D eigenvalue weighted by Gasteiger charge is -2.07. The molecule has 2 aromatic rings. The first-order valence-electron chi connectivity index (χ1n) is 5.28. The number of likely N-dealkylation sites (N-methyl/N-ethyl adjacent to an activating group) is 1. The lowest BCUT2D eigenvalue weighted by atomic mass is 10.2. The Morgan fingerprint density at radius 1 is 1.33 bits per heavy atom. The van der Waals surface area contributed by atoms with Crippen LogP contribution in [0.4, 0.5) is 8.78 Å². The summed E-state index contributed by atoms with van der Waals surface area (Å²) in [7, 11) is 1.51. The molecule has 0 unspecified atom stereocenters. The summed E-state index contributed by atoms with van der Waals surface area (Å²) in [5.74, 6) is -1.23. The highest BCUT2D eigenvalue weighted by atomic mass is 19.1. The van der Waals surface area contributed by atoms with E-state index in [1.54, 1.807) is 6.20 Å². The third-order valence-corrected chi connectivity index (χ3v) is 2.43. The van der Waals surface area contributed by atoms with Crippen LogP contribution in [-0.4, -0.2) is 22.5 Å². The Balaban J connectivity index is 2.39. The molecule has 1 amide bonds. The highest BCUT2D eigenvalue weighted by Crippen LogP contribution is 2.20. The average molecular weight is 251 g/mol. The molecule has 0 fully saturated rings. The SMILES string of the molecule is CNC(=O)Cn1ccnc1-c1cc(F)cc(F)c1. The highest BCUT2D eigenvalue weighted by molar-refractivity contribution is 5.76. The van der Waals surface area contributed by atoms with Gasteiger partial charge in [-0.25, -0.2) is 13.8 Å². The van der Waals surface area contributed by atoms with E-state index >= 15 is 0 Å². The highest BCUT2D eigenvalue weighted by Gasteiger charge is 2.10. The van der Waals surface area contributed by atoms with Crippen LogP contribution in [0.1, 0.15) is 0 Å². The molecule has 18 heavy (non-hydrogen) atoms. The van der Waals surface area contributed by atoms with Gasteiger partial charge < -0.3 is 9.88 Å². The summed E-state index contributed by atoms with van der Waals surface area (Å²) in [6.07, 6.45) is 3.05. The van der Waals surface area contributed by atoms with Crippen molar-refractivity contribution >= 4 is 5.91 Å². The van der Waals surface area contributed by atoms with Gasteiger partial charge in [-0.1, -0.05) is 0 Å². The molecule has 94 valence electrons. The molecule has 0 atom stereocenters. The van der Waals surface area contributed by atoms with E-state index in [1.165, 1.54) is 29.9 Å². The van der Waals surface area contributed by atoms with Gasteiger partial charge in [-0.2, -0.15) is 0 Å². The molecule has 0 aliphatic heterocycles. The number of nitrogens with one attached hydrogen (secondary N) is 1. The molecule has 4 nitrogen and oxygen atoms in total. The van der Waals surface area contributed by atoms with Crippen molar-refractivity contribution in [2.75, 3.05) is 7.05 Å². The third kappa shape index (κ3) is 2.53. The number of benzene rings is 1. The standard InChI is InChI=1S/C12H11F2N3O/c1-15-11(18)7-17-3-2-16-12(17)8-4-9(13)6-10(14)5-8/h2-6H,7H2,1H3,(H,15,18). The van der Waals surface area contributed by atoms with Crippen molar-refractivity contribution in [3.8, 4) is 11.4 Å². The lowest BCUT2D eigenvalue weighted by molar-refractivity contribution is -0.121. The second-order valence-corrected chi connectivity index (χ2v) is 3.71. The topological polar surface area (TPSA) is 46.9 Å². The van der Waals surface area contributed by atoms with Gasteiger partial charge in [-0.15, -0.1) is 0 Å². The fourth-order valence-corrected chi connectivity index (χ4v) is 1.61. The van der Waals surface area contributed by atoms with Crippen LogP contribution in [0.15, 0.2) is 30.6 Å². The lowest BCUT2D eigenvalue weighted by Crippen LogP contribution is -2.23. The van der Waals surface area contributed by atoms with Crippen LogP contribution >= 0.6 is 0 Å². The molecule has 1 heterocycles. The van der Waals surface area contributed by atoms with E-state index < -0.39 is 11.6 Å². The number of carbonyl (C=O) groups is 1. The van der Waals surface area contributed by atoms with E-state index in [9.17, 15) is 13.6 Å². The number of hydrogen-bond acceptors (Lipinski definition) is 2. The number of nitrogens with zero attached hydrogens (tertiary/aromatic N) is 2. The predicted octanol–water partition coefficient (Wildman–Crippen LogP) is 1.57. The Labute approximate surface area is 102 Å². The second kappa shape index (κ2) is 4.95. The maximum atomic E-state index is 13.1. The molecule has 1 N–H and O–H groups in total. The van der Waals surface area contributed by atoms with Crippen molar-refractivity contribution in [2.24, 2.45) is 0 Å². The van der Waals surface area contributed by atoms with Gasteiger partial charge in [0.25, 0.3) is 0 Å². The Kier molecular flexibility index (Phi) is 3.36. The van der Waals surface area contributed by atoms with Gasteiger partial charge in [0.15, 0.2) is 0 Å². The molecule has 1 aromatic carbocycles. The Morgan fingerprint density at radius 3 is 2.61 bits per heavy atom. The minimum Gasteiger partial charge on any atom is -0.358 e. The minimum absolute atomic E-state index is 0.0456. The van der Waals surface area contributed by atoms with E-state index in [2.05, 4.69) is 10.3 Å². The van der Waals surface area contributed by atoms with Crippen LogP contribution in [-0.2, 0) is 11.3 Å². The predicted molar refractivity (Wildman–Crippen MR) is 61.6 cm³/mol. The van der Waals surface area contributed by atoms with E-state index in [0.717, 1.165) is 6.07 Å². The van der Waals surface area contributed by atoms with E-state index in [0.29, 0.717) is 11.4 Å². The van der Waals surface area contributed by atoms with Crippen molar-refractivity contribution in [3.05, 3.63) is 42.2 Å². The largest absolute Gasteiger partial charge is 0.358 e. The summed E-state index contributed by atoms with van der Waals surface area (Å²) in [4.78, 5) is 15.3. The van der Waals surface area contributed by atoms with E-state index in [1.807, 2.05) is 0 Å². The molecule has 0 radical (unpaired) electrons. The van der Waals surface area contributed by atoms with Crippen LogP contribution < -0.4 is 5.32 Å². The summed E-state index contributed by atoms with van der Waals surface area (Å²) < 4.78 is 27.8. The summed E-state index contributed by atoms with van der Waals surface area (Å²) in [6.45, 7) is 0.0456. The smallest absolute Gasteiger partial charge is 0.239 e. The van der Waals surface area contributed by atoms with E-state index in [-0.39, 0.29) is 12.5 Å². The van der Waals surface area contributed by atoms with Gasteiger partial charge in [0.1, 0.15) is 24.0 Å². The molecular weight excluding hydrogens is 240 g/mol. The van der Waals surface area contributed by atoms with Gasteiger partial charge in [-0.05, 0) is 12.1 Å². The number of hydrogen-bond donors (Lipinski definition) is 1. The zero-order valence-corrected chi connectivity index (χ0v) is 9.65. The Bertz CT molecular complexity index is 560. The first-order chi connectivity index (χ1) is 8.60. The summed E-state index contributed by atoms with van der Waals surface area (Å²) >= 11 is 0. The van der Waals surface area contributed by atoms with Gasteiger partial charge in [-0.3, -0.25) is 4.79 Å². The van der Waals surface area contributed by atoms with Crippen molar-refractivity contribution in [1.82, 2.24) is 14.9 Å². The number of halogens is 2. The van der Waals surface area contributed by atoms with Crippen molar-refractivity contribution in [3.63, 3.8) is 0 Å². The molecule has 1 aromatic heterocycles. The summed E-state index contributed by atoms with van der Waals surface area (Å²) in [5.41, 5.74) is 0.293. The monoisotopic (exact) mass is 251 g/mol. The van der Waals surface area contributed by atoms with Gasteiger partial charge in [0, 0.05) is 31.1 Å². The molecule has 2 rings (SSSR count). The minimum atomic E-state index is -0.681. The zero-order valence-electron chi connectivity index (χ0n) is 9.65. The summed E-state index contributed by atoms with van der Waals surface area (Å²) in [6, 6.07) is 3.13. The van der Waals surface area contributed by atoms with Gasteiger partial charge in [0.2, 0.25) is 5.91 Å². The molecule has 0 aliphatic rings. The molecular formula is C12H11F2N3O. The van der Waals surface area contributed by atoms with Gasteiger partial charge >= 0.3 is 0 Å². The first-order valence-corrected chi connectivity index (χ1v) is 5.28. The van der Waals surface area contributed by atoms with Crippen LogP contribution in [0.25, 0.3) is 11.4 Å². The van der Waals surface area contributed by atoms with Crippen LogP contribution in [0.2, 0.25) is 0 Å². The maximum Gasteiger partial charge on any atom is 0.239 e. The second-order valence-electron chi connectivity index (χ2n) is 3.71. The van der Waals surface area contributed by atoms with Gasteiger partial charge in [0.05, 0.1) is 0 Å². The summed E-state index contributed by atoms with van der Waals surface area (Å²) in [5, 5.41) is 2.47. The number of carbonyl (C=O) groups excluding carboxylic acids is 1. The van der Waals surface area contributed by atoms with Crippen LogP contribution in [0, 0.1) is 11.6 Å². The third-order valence-electron chi connectivity index (χ3n) is 2.43. The van der Waals surface area contributed by atoms with Crippen LogP contribution in [0.5, 0.6) is 0 Å². The quantitative estimate of drug-likeness (QED) is 0.900. The Hall–Kier alpha value is -2.24. The molecule has 0 spiro atoms. The van der Waals surface area contributed by atoms with Crippen molar-refractivity contribution in [2.45, 2.75) is 6.54 Å².